The van der Waals surface area contributed by atoms with E-state index in [9.17, 15) is 0 Å². The number of hydrogen-bond donors (Lipinski definition) is 0. The smallest absolute Gasteiger partial charge is 0.503 e. The fraction of sp³-hybridized carbons (Fsp3) is 0. The number of pyridine rings is 2. The quantitative estimate of drug-likeness (QED) is 0.106. The average molecular weight is 687 g/mol. The maximum absolute atomic E-state index is 6.42. The molecule has 5 heterocycles. The predicted molar refractivity (Wildman–Crippen MR) is 179 cm³/mol. The van der Waals surface area contributed by atoms with Crippen LogP contribution in [-0.4, -0.2) is 18.9 Å². The second-order valence-electron chi connectivity index (χ2n) is 10.9. The number of ether oxygens (including phenoxy) is 1. The van der Waals surface area contributed by atoms with Crippen molar-refractivity contribution in [1.82, 2.24) is 18.9 Å². The normalized spacial score (nSPS) is 11.8. The molecule has 0 saturated carbocycles. The molecule has 0 bridgehead atoms. The van der Waals surface area contributed by atoms with E-state index < -0.39 is 0 Å². The van der Waals surface area contributed by atoms with Crippen molar-refractivity contribution in [3.05, 3.63) is 134 Å². The van der Waals surface area contributed by atoms with Gasteiger partial charge >= 0.3 is 20.4 Å². The zero-order chi connectivity index (χ0) is 28.8. The van der Waals surface area contributed by atoms with Gasteiger partial charge in [-0.15, -0.1) is 41.7 Å². The zero-order valence-corrected chi connectivity index (χ0v) is 25.8. The molecule has 10 aromatic rings. The van der Waals surface area contributed by atoms with Crippen molar-refractivity contribution in [2.75, 3.05) is 0 Å². The fourth-order valence-corrected chi connectivity index (χ4v) is 7.70. The van der Waals surface area contributed by atoms with Crippen LogP contribution in [0.4, 0.5) is 0 Å². The summed E-state index contributed by atoms with van der Waals surface area (Å²) in [6.07, 6.45) is 5.66. The van der Waals surface area contributed by atoms with Crippen LogP contribution < -0.4 is 4.74 Å². The van der Waals surface area contributed by atoms with E-state index in [0.29, 0.717) is 11.5 Å². The minimum absolute atomic E-state index is 0. The number of aromatic nitrogens is 4. The number of imidazole rings is 1. The van der Waals surface area contributed by atoms with Crippen molar-refractivity contribution in [2.45, 2.75) is 0 Å². The number of nitrogens with zero attached hydrogens (tertiary/aromatic N) is 4. The van der Waals surface area contributed by atoms with Crippen LogP contribution >= 0.6 is 11.3 Å². The van der Waals surface area contributed by atoms with Gasteiger partial charge in [-0.1, -0.05) is 58.9 Å². The van der Waals surface area contributed by atoms with Crippen LogP contribution in [0.5, 0.6) is 11.5 Å². The monoisotopic (exact) mass is 686 g/mol. The van der Waals surface area contributed by atoms with Crippen LogP contribution in [0.25, 0.3) is 75.1 Å². The zero-order valence-electron chi connectivity index (χ0n) is 23.5. The molecule has 0 radical (unpaired) electrons. The average Bonchev–Trinajstić information content (AvgIpc) is 3.78. The Bertz CT molecular complexity index is 2780. The van der Waals surface area contributed by atoms with E-state index in [1.54, 1.807) is 0 Å². The van der Waals surface area contributed by atoms with E-state index in [4.69, 9.17) is 9.72 Å². The minimum Gasteiger partial charge on any atom is -0.503 e. The maximum atomic E-state index is 6.42. The van der Waals surface area contributed by atoms with Gasteiger partial charge in [0.2, 0.25) is 0 Å². The molecular formula is C38H20N4OPdS. The van der Waals surface area contributed by atoms with E-state index in [-0.39, 0.29) is 20.4 Å². The van der Waals surface area contributed by atoms with E-state index in [2.05, 4.69) is 105 Å². The molecule has 0 spiro atoms. The summed E-state index contributed by atoms with van der Waals surface area (Å²) in [5, 5.41) is 7.99. The molecule has 0 N–H and O–H groups in total. The molecule has 0 amide bonds. The van der Waals surface area contributed by atoms with Crippen LogP contribution in [0, 0.1) is 12.1 Å². The van der Waals surface area contributed by atoms with Gasteiger partial charge in [0.05, 0.1) is 11.2 Å². The first-order chi connectivity index (χ1) is 21.8. The number of fused-ring (bicyclic) bond motifs is 12. The Balaban J connectivity index is 0.00000281. The Hall–Kier alpha value is -5.06. The fourth-order valence-electron chi connectivity index (χ4n) is 6.58. The maximum Gasteiger partial charge on any atom is 2.00 e. The molecule has 0 aliphatic rings. The molecule has 7 heteroatoms. The van der Waals surface area contributed by atoms with Crippen molar-refractivity contribution >= 4 is 80.8 Å². The van der Waals surface area contributed by atoms with Crippen molar-refractivity contribution in [2.24, 2.45) is 0 Å². The van der Waals surface area contributed by atoms with Gasteiger partial charge in [0.25, 0.3) is 0 Å². The van der Waals surface area contributed by atoms with Crippen LogP contribution in [-0.2, 0) is 20.4 Å². The second-order valence-corrected chi connectivity index (χ2v) is 12.0. The van der Waals surface area contributed by atoms with Crippen molar-refractivity contribution < 1.29 is 25.2 Å². The van der Waals surface area contributed by atoms with Gasteiger partial charge < -0.3 is 13.7 Å². The molecule has 10 rings (SSSR count). The van der Waals surface area contributed by atoms with E-state index >= 15 is 0 Å². The molecule has 0 saturated heterocycles. The summed E-state index contributed by atoms with van der Waals surface area (Å²) in [5.74, 6) is 1.21. The Morgan fingerprint density at radius 2 is 1.40 bits per heavy atom. The third kappa shape index (κ3) is 3.89. The first-order valence-electron chi connectivity index (χ1n) is 14.4. The summed E-state index contributed by atoms with van der Waals surface area (Å²) in [6.45, 7) is 0. The molecule has 0 aliphatic carbocycles. The Morgan fingerprint density at radius 3 is 2.36 bits per heavy atom. The Labute approximate surface area is 274 Å². The summed E-state index contributed by atoms with van der Waals surface area (Å²) >= 11 is 1.82. The third-order valence-corrected chi connectivity index (χ3v) is 9.61. The van der Waals surface area contributed by atoms with E-state index in [0.717, 1.165) is 49.6 Å². The first-order valence-corrected chi connectivity index (χ1v) is 15.2. The van der Waals surface area contributed by atoms with Crippen molar-refractivity contribution in [3.8, 4) is 17.2 Å². The molecule has 0 fully saturated rings. The van der Waals surface area contributed by atoms with Gasteiger partial charge in [0.1, 0.15) is 5.65 Å². The number of benzene rings is 5. The molecule has 0 unspecified atom stereocenters. The van der Waals surface area contributed by atoms with Crippen LogP contribution in [0.2, 0.25) is 0 Å². The Morgan fingerprint density at radius 1 is 0.578 bits per heavy atom. The van der Waals surface area contributed by atoms with Gasteiger partial charge in [0, 0.05) is 66.6 Å². The van der Waals surface area contributed by atoms with Gasteiger partial charge in [-0.05, 0) is 41.8 Å². The van der Waals surface area contributed by atoms with Crippen LogP contribution in [0.3, 0.4) is 0 Å². The second kappa shape index (κ2) is 9.98. The molecule has 214 valence electrons. The number of rotatable bonds is 3. The molecule has 0 aliphatic heterocycles. The molecule has 5 nitrogen and oxygen atoms in total. The largest absolute Gasteiger partial charge is 2.00 e. The van der Waals surface area contributed by atoms with Crippen LogP contribution in [0.1, 0.15) is 0 Å². The minimum atomic E-state index is 0. The molecule has 0 atom stereocenters. The predicted octanol–water partition coefficient (Wildman–Crippen LogP) is 9.89. The summed E-state index contributed by atoms with van der Waals surface area (Å²) in [7, 11) is 0. The number of thiophene rings is 1. The SMILES string of the molecule is [Pd+2].[c-]1c(Oc2[c-]c3c(cc2)c2ccccc2n2ccnc32)cccc1-n1c2cc3sc4ccccc4c3cc2c2cccnc21. The number of para-hydroxylation sites is 1. The topological polar surface area (TPSA) is 44.4 Å². The standard InChI is InChI=1S/C38H20N4OS.Pd/c1-3-12-33-27(9-1)26-15-14-25(20-32(26)37-40-17-18-41(33)37)43-24-8-5-7-23(19-24)42-34-22-36-31(28-10-2-4-13-35(28)44-36)21-30(34)29-11-6-16-39-38(29)42;/h1-18,21-22H;/q-2;+2. The summed E-state index contributed by atoms with van der Waals surface area (Å²) in [5.41, 5.74) is 4.82. The molecule has 5 aromatic carbocycles. The molecule has 5 aromatic heterocycles. The van der Waals surface area contributed by atoms with Crippen molar-refractivity contribution in [1.29, 1.82) is 0 Å². The number of hydrogen-bond acceptors (Lipinski definition) is 4. The van der Waals surface area contributed by atoms with Gasteiger partial charge in [-0.25, -0.2) is 4.98 Å². The summed E-state index contributed by atoms with van der Waals surface area (Å²) in [4.78, 5) is 9.46. The van der Waals surface area contributed by atoms with E-state index in [1.807, 2.05) is 54.2 Å². The summed E-state index contributed by atoms with van der Waals surface area (Å²) < 4.78 is 13.2. The van der Waals surface area contributed by atoms with E-state index in [1.165, 1.54) is 25.6 Å². The van der Waals surface area contributed by atoms with Gasteiger partial charge in [-0.3, -0.25) is 4.98 Å². The van der Waals surface area contributed by atoms with Crippen molar-refractivity contribution in [3.63, 3.8) is 0 Å². The van der Waals surface area contributed by atoms with Gasteiger partial charge in [-0.2, -0.15) is 6.07 Å². The van der Waals surface area contributed by atoms with Crippen LogP contribution in [0.15, 0.2) is 122 Å². The Kier molecular flexibility index (Phi) is 5.85. The third-order valence-electron chi connectivity index (χ3n) is 8.48. The molecular weight excluding hydrogens is 667 g/mol. The summed E-state index contributed by atoms with van der Waals surface area (Å²) in [6, 6.07) is 42.8. The first kappa shape index (κ1) is 26.4. The van der Waals surface area contributed by atoms with Gasteiger partial charge in [0.15, 0.2) is 0 Å². The molecule has 45 heavy (non-hydrogen) atoms.